The second kappa shape index (κ2) is 6.54. The first-order valence-corrected chi connectivity index (χ1v) is 8.68. The first-order valence-electron chi connectivity index (χ1n) is 6.86. The van der Waals surface area contributed by atoms with Gasteiger partial charge in [-0.15, -0.1) is 0 Å². The van der Waals surface area contributed by atoms with Gasteiger partial charge in [-0.25, -0.2) is 12.7 Å². The van der Waals surface area contributed by atoms with Crippen LogP contribution in [-0.4, -0.2) is 63.4 Å². The molecule has 0 bridgehead atoms. The van der Waals surface area contributed by atoms with Gasteiger partial charge in [0.2, 0.25) is 10.0 Å². The smallest absolute Gasteiger partial charge is 0.254 e. The van der Waals surface area contributed by atoms with Crippen molar-refractivity contribution >= 4 is 27.5 Å². The van der Waals surface area contributed by atoms with Gasteiger partial charge in [0.1, 0.15) is 4.90 Å². The van der Waals surface area contributed by atoms with Crippen LogP contribution in [0.4, 0.5) is 0 Å². The number of hydrogen-bond donors (Lipinski definition) is 0. The van der Waals surface area contributed by atoms with Gasteiger partial charge in [0.25, 0.3) is 5.91 Å². The SMILES string of the molecule is CC1CN(C(=O)c2ccc(Cl)c(S(=O)(=O)N(C)C)c2)CCO1. The fraction of sp³-hybridized carbons (Fsp3) is 0.500. The van der Waals surface area contributed by atoms with Crippen LogP contribution in [0.3, 0.4) is 0 Å². The summed E-state index contributed by atoms with van der Waals surface area (Å²) >= 11 is 5.99. The molecule has 0 spiro atoms. The molecular formula is C14H19ClN2O4S. The highest BCUT2D eigenvalue weighted by molar-refractivity contribution is 7.89. The number of amides is 1. The van der Waals surface area contributed by atoms with E-state index in [2.05, 4.69) is 0 Å². The molecular weight excluding hydrogens is 328 g/mol. The lowest BCUT2D eigenvalue weighted by Gasteiger charge is -2.31. The Morgan fingerprint density at radius 3 is 2.68 bits per heavy atom. The normalized spacial score (nSPS) is 19.5. The van der Waals surface area contributed by atoms with Crippen LogP contribution in [0.5, 0.6) is 0 Å². The minimum atomic E-state index is -3.70. The Morgan fingerprint density at radius 2 is 2.09 bits per heavy atom. The zero-order valence-corrected chi connectivity index (χ0v) is 14.3. The lowest BCUT2D eigenvalue weighted by atomic mass is 10.2. The first kappa shape index (κ1) is 17.2. The topological polar surface area (TPSA) is 66.9 Å². The van der Waals surface area contributed by atoms with Crippen LogP contribution in [0.15, 0.2) is 23.1 Å². The van der Waals surface area contributed by atoms with Gasteiger partial charge in [0, 0.05) is 32.7 Å². The highest BCUT2D eigenvalue weighted by Gasteiger charge is 2.26. The molecule has 2 rings (SSSR count). The van der Waals surface area contributed by atoms with Gasteiger partial charge in [-0.3, -0.25) is 4.79 Å². The van der Waals surface area contributed by atoms with Gasteiger partial charge in [-0.2, -0.15) is 0 Å². The lowest BCUT2D eigenvalue weighted by molar-refractivity contribution is -0.0124. The van der Waals surface area contributed by atoms with Crippen molar-refractivity contribution in [2.45, 2.75) is 17.9 Å². The molecule has 1 aromatic carbocycles. The van der Waals surface area contributed by atoms with E-state index in [0.29, 0.717) is 25.3 Å². The minimum Gasteiger partial charge on any atom is -0.375 e. The molecule has 6 nitrogen and oxygen atoms in total. The fourth-order valence-corrected chi connectivity index (χ4v) is 3.61. The zero-order valence-electron chi connectivity index (χ0n) is 12.7. The van der Waals surface area contributed by atoms with Crippen molar-refractivity contribution in [3.8, 4) is 0 Å². The molecule has 0 aliphatic carbocycles. The van der Waals surface area contributed by atoms with E-state index in [0.717, 1.165) is 4.31 Å². The summed E-state index contributed by atoms with van der Waals surface area (Å²) in [6.45, 7) is 3.34. The second-order valence-corrected chi connectivity index (χ2v) is 7.89. The van der Waals surface area contributed by atoms with E-state index in [1.807, 2.05) is 6.92 Å². The fourth-order valence-electron chi connectivity index (χ4n) is 2.22. The number of carbonyl (C=O) groups excluding carboxylic acids is 1. The Hall–Kier alpha value is -1.15. The van der Waals surface area contributed by atoms with Crippen molar-refractivity contribution in [3.05, 3.63) is 28.8 Å². The van der Waals surface area contributed by atoms with Crippen molar-refractivity contribution in [2.24, 2.45) is 0 Å². The number of benzene rings is 1. The number of hydrogen-bond acceptors (Lipinski definition) is 4. The van der Waals surface area contributed by atoms with Crippen LogP contribution in [0.25, 0.3) is 0 Å². The number of rotatable bonds is 3. The van der Waals surface area contributed by atoms with Gasteiger partial charge in [-0.05, 0) is 25.1 Å². The lowest BCUT2D eigenvalue weighted by Crippen LogP contribution is -2.44. The molecule has 1 aliphatic heterocycles. The van der Waals surface area contributed by atoms with Crippen molar-refractivity contribution < 1.29 is 17.9 Å². The molecule has 1 saturated heterocycles. The number of morpholine rings is 1. The molecule has 1 aliphatic rings. The maximum Gasteiger partial charge on any atom is 0.254 e. The number of sulfonamides is 1. The molecule has 1 amide bonds. The summed E-state index contributed by atoms with van der Waals surface area (Å²) in [6.07, 6.45) is -0.0324. The van der Waals surface area contributed by atoms with E-state index in [9.17, 15) is 13.2 Å². The average Bonchev–Trinajstić information content (AvgIpc) is 2.46. The van der Waals surface area contributed by atoms with E-state index in [1.165, 1.54) is 26.2 Å². The maximum atomic E-state index is 12.5. The molecule has 0 radical (unpaired) electrons. The molecule has 1 aromatic rings. The van der Waals surface area contributed by atoms with Crippen molar-refractivity contribution in [1.82, 2.24) is 9.21 Å². The van der Waals surface area contributed by atoms with Gasteiger partial charge >= 0.3 is 0 Å². The highest BCUT2D eigenvalue weighted by Crippen LogP contribution is 2.25. The molecule has 0 aromatic heterocycles. The maximum absolute atomic E-state index is 12.5. The minimum absolute atomic E-state index is 0.0324. The molecule has 8 heteroatoms. The Bertz CT molecular complexity index is 675. The molecule has 1 unspecified atom stereocenters. The molecule has 122 valence electrons. The number of nitrogens with zero attached hydrogens (tertiary/aromatic N) is 2. The van der Waals surface area contributed by atoms with Gasteiger partial charge < -0.3 is 9.64 Å². The first-order chi connectivity index (χ1) is 10.2. The third kappa shape index (κ3) is 3.43. The number of carbonyl (C=O) groups is 1. The predicted molar refractivity (Wildman–Crippen MR) is 83.6 cm³/mol. The van der Waals surface area contributed by atoms with Crippen molar-refractivity contribution in [1.29, 1.82) is 0 Å². The summed E-state index contributed by atoms with van der Waals surface area (Å²) in [5.41, 5.74) is 0.305. The molecule has 22 heavy (non-hydrogen) atoms. The summed E-state index contributed by atoms with van der Waals surface area (Å²) in [5.74, 6) is -0.220. The quantitative estimate of drug-likeness (QED) is 0.830. The highest BCUT2D eigenvalue weighted by atomic mass is 35.5. The predicted octanol–water partition coefficient (Wildman–Crippen LogP) is 1.45. The van der Waals surface area contributed by atoms with Crippen LogP contribution >= 0.6 is 11.6 Å². The van der Waals surface area contributed by atoms with Crippen molar-refractivity contribution in [3.63, 3.8) is 0 Å². The van der Waals surface area contributed by atoms with E-state index < -0.39 is 10.0 Å². The van der Waals surface area contributed by atoms with Crippen molar-refractivity contribution in [2.75, 3.05) is 33.8 Å². The monoisotopic (exact) mass is 346 g/mol. The van der Waals surface area contributed by atoms with E-state index in [1.54, 1.807) is 11.0 Å². The van der Waals surface area contributed by atoms with Gasteiger partial charge in [-0.1, -0.05) is 11.6 Å². The Kier molecular flexibility index (Phi) is 5.11. The molecule has 1 atom stereocenters. The van der Waals surface area contributed by atoms with Crippen LogP contribution in [0.1, 0.15) is 17.3 Å². The van der Waals surface area contributed by atoms with E-state index in [4.69, 9.17) is 16.3 Å². The largest absolute Gasteiger partial charge is 0.375 e. The third-order valence-corrected chi connectivity index (χ3v) is 5.76. The molecule has 0 N–H and O–H groups in total. The van der Waals surface area contributed by atoms with Crippen LogP contribution in [0, 0.1) is 0 Å². The second-order valence-electron chi connectivity index (χ2n) is 5.37. The number of halogens is 1. The van der Waals surface area contributed by atoms with Crippen LogP contribution < -0.4 is 0 Å². The van der Waals surface area contributed by atoms with E-state index >= 15 is 0 Å². The summed E-state index contributed by atoms with van der Waals surface area (Å²) in [5, 5.41) is 0.0978. The van der Waals surface area contributed by atoms with Gasteiger partial charge in [0.15, 0.2) is 0 Å². The summed E-state index contributed by atoms with van der Waals surface area (Å²) in [4.78, 5) is 14.1. The molecule has 1 heterocycles. The van der Waals surface area contributed by atoms with E-state index in [-0.39, 0.29) is 21.9 Å². The summed E-state index contributed by atoms with van der Waals surface area (Å²) < 4.78 is 31.0. The molecule has 1 fully saturated rings. The standard InChI is InChI=1S/C14H19ClN2O4S/c1-10-9-17(6-7-21-10)14(18)11-4-5-12(15)13(8-11)22(19,20)16(2)3/h4-5,8,10H,6-7,9H2,1-3H3. The van der Waals surface area contributed by atoms with Crippen LogP contribution in [0.2, 0.25) is 5.02 Å². The third-order valence-electron chi connectivity index (χ3n) is 3.47. The number of ether oxygens (including phenoxy) is 1. The average molecular weight is 347 g/mol. The summed E-state index contributed by atoms with van der Waals surface area (Å²) in [7, 11) is -0.858. The zero-order chi connectivity index (χ0) is 16.5. The Labute approximate surface area is 135 Å². The summed E-state index contributed by atoms with van der Waals surface area (Å²) in [6, 6.07) is 4.31. The Balaban J connectivity index is 2.35. The van der Waals surface area contributed by atoms with Gasteiger partial charge in [0.05, 0.1) is 17.7 Å². The van der Waals surface area contributed by atoms with Crippen LogP contribution in [-0.2, 0) is 14.8 Å². The molecule has 0 saturated carbocycles. The Morgan fingerprint density at radius 1 is 1.41 bits per heavy atom.